The first-order valence-corrected chi connectivity index (χ1v) is 8.14. The molecule has 0 aliphatic rings. The van der Waals surface area contributed by atoms with Crippen molar-refractivity contribution in [3.63, 3.8) is 0 Å². The zero-order valence-corrected chi connectivity index (χ0v) is 14.7. The van der Waals surface area contributed by atoms with E-state index in [1.165, 1.54) is 7.11 Å². The molecular weight excluding hydrogens is 334 g/mol. The van der Waals surface area contributed by atoms with Gasteiger partial charge in [0.05, 0.1) is 19.2 Å². The molecule has 0 saturated heterocycles. The predicted octanol–water partition coefficient (Wildman–Crippen LogP) is 2.87. The zero-order chi connectivity index (χ0) is 18.9. The number of nitrogens with one attached hydrogen (secondary N) is 3. The molecule has 0 aliphatic carbocycles. The van der Waals surface area contributed by atoms with Crippen LogP contribution in [0.1, 0.15) is 23.7 Å². The van der Waals surface area contributed by atoms with Gasteiger partial charge < -0.3 is 20.7 Å². The molecule has 0 saturated carbocycles. The van der Waals surface area contributed by atoms with Crippen LogP contribution in [-0.4, -0.2) is 31.4 Å². The fourth-order valence-electron chi connectivity index (χ4n) is 2.15. The van der Waals surface area contributed by atoms with Crippen LogP contribution in [0.15, 0.2) is 48.5 Å². The van der Waals surface area contributed by atoms with Crippen LogP contribution in [0.3, 0.4) is 0 Å². The van der Waals surface area contributed by atoms with Gasteiger partial charge in [0.25, 0.3) is 0 Å². The molecule has 0 spiro atoms. The Bertz CT molecular complexity index is 788. The van der Waals surface area contributed by atoms with Crippen molar-refractivity contribution in [1.82, 2.24) is 0 Å². The molecule has 26 heavy (non-hydrogen) atoms. The monoisotopic (exact) mass is 355 g/mol. The van der Waals surface area contributed by atoms with E-state index in [-0.39, 0.29) is 18.4 Å². The minimum Gasteiger partial charge on any atom is -0.465 e. The largest absolute Gasteiger partial charge is 0.465 e. The third kappa shape index (κ3) is 5.62. The maximum Gasteiger partial charge on any atom is 0.337 e. The average Bonchev–Trinajstić information content (AvgIpc) is 2.66. The number of amides is 2. The average molecular weight is 355 g/mol. The van der Waals surface area contributed by atoms with E-state index in [1.54, 1.807) is 55.5 Å². The van der Waals surface area contributed by atoms with Crippen molar-refractivity contribution >= 4 is 34.8 Å². The van der Waals surface area contributed by atoms with Crippen molar-refractivity contribution in [3.05, 3.63) is 54.1 Å². The van der Waals surface area contributed by atoms with Gasteiger partial charge in [0.1, 0.15) is 0 Å². The first kappa shape index (κ1) is 19.0. The van der Waals surface area contributed by atoms with Gasteiger partial charge in [0.2, 0.25) is 11.8 Å². The molecule has 0 bridgehead atoms. The molecule has 2 aromatic rings. The lowest BCUT2D eigenvalue weighted by Crippen LogP contribution is -2.21. The number of carbonyl (C=O) groups excluding carboxylic acids is 3. The van der Waals surface area contributed by atoms with Crippen molar-refractivity contribution in [2.24, 2.45) is 0 Å². The Hall–Kier alpha value is -3.35. The van der Waals surface area contributed by atoms with E-state index in [0.29, 0.717) is 29.0 Å². The van der Waals surface area contributed by atoms with Crippen molar-refractivity contribution < 1.29 is 19.1 Å². The third-order valence-corrected chi connectivity index (χ3v) is 3.51. The minimum absolute atomic E-state index is 0.0586. The highest BCUT2D eigenvalue weighted by atomic mass is 16.5. The third-order valence-electron chi connectivity index (χ3n) is 3.51. The van der Waals surface area contributed by atoms with Crippen molar-refractivity contribution in [3.8, 4) is 0 Å². The minimum atomic E-state index is -0.413. The summed E-state index contributed by atoms with van der Waals surface area (Å²) in [5.41, 5.74) is 2.36. The highest BCUT2D eigenvalue weighted by Crippen LogP contribution is 2.15. The summed E-state index contributed by atoms with van der Waals surface area (Å²) in [5.74, 6) is -0.740. The topological polar surface area (TPSA) is 96.5 Å². The molecule has 7 nitrogen and oxygen atoms in total. The van der Waals surface area contributed by atoms with Gasteiger partial charge in [0, 0.05) is 23.5 Å². The normalized spacial score (nSPS) is 9.92. The van der Waals surface area contributed by atoms with Gasteiger partial charge in [-0.15, -0.1) is 0 Å². The number of anilines is 3. The first-order valence-electron chi connectivity index (χ1n) is 8.14. The van der Waals surface area contributed by atoms with E-state index in [2.05, 4.69) is 20.7 Å². The van der Waals surface area contributed by atoms with E-state index in [4.69, 9.17) is 0 Å². The Morgan fingerprint density at radius 2 is 1.50 bits per heavy atom. The summed E-state index contributed by atoms with van der Waals surface area (Å²) in [7, 11) is 1.32. The molecule has 0 heterocycles. The van der Waals surface area contributed by atoms with Crippen LogP contribution in [0.2, 0.25) is 0 Å². The molecule has 0 aliphatic heterocycles. The predicted molar refractivity (Wildman–Crippen MR) is 100 cm³/mol. The number of ether oxygens (including phenoxy) is 1. The highest BCUT2D eigenvalue weighted by molar-refractivity contribution is 5.96. The van der Waals surface area contributed by atoms with Crippen LogP contribution < -0.4 is 16.0 Å². The molecule has 2 amide bonds. The Labute approximate surface area is 151 Å². The smallest absolute Gasteiger partial charge is 0.337 e. The SMILES string of the molecule is CCC(=O)Nc1cccc(NC(=O)CNc2ccc(C(=O)OC)cc2)c1. The highest BCUT2D eigenvalue weighted by Gasteiger charge is 2.06. The molecular formula is C19H21N3O4. The second-order valence-corrected chi connectivity index (χ2v) is 5.45. The van der Waals surface area contributed by atoms with E-state index in [1.807, 2.05) is 0 Å². The summed E-state index contributed by atoms with van der Waals surface area (Å²) in [4.78, 5) is 34.9. The van der Waals surface area contributed by atoms with Crippen LogP contribution in [-0.2, 0) is 14.3 Å². The van der Waals surface area contributed by atoms with Gasteiger partial charge in [0.15, 0.2) is 0 Å². The molecule has 7 heteroatoms. The lowest BCUT2D eigenvalue weighted by molar-refractivity contribution is -0.116. The van der Waals surface area contributed by atoms with Gasteiger partial charge in [-0.05, 0) is 42.5 Å². The van der Waals surface area contributed by atoms with Crippen LogP contribution in [0.4, 0.5) is 17.1 Å². The van der Waals surface area contributed by atoms with Crippen LogP contribution >= 0.6 is 0 Å². The summed E-state index contributed by atoms with van der Waals surface area (Å²) in [5, 5.41) is 8.47. The second-order valence-electron chi connectivity index (χ2n) is 5.45. The lowest BCUT2D eigenvalue weighted by atomic mass is 10.2. The Morgan fingerprint density at radius 1 is 0.885 bits per heavy atom. The molecule has 0 atom stereocenters. The number of benzene rings is 2. The van der Waals surface area contributed by atoms with Crippen LogP contribution in [0.5, 0.6) is 0 Å². The van der Waals surface area contributed by atoms with Crippen LogP contribution in [0.25, 0.3) is 0 Å². The molecule has 136 valence electrons. The van der Waals surface area contributed by atoms with Crippen molar-refractivity contribution in [2.75, 3.05) is 29.6 Å². The summed E-state index contributed by atoms with van der Waals surface area (Å²) in [6.45, 7) is 1.83. The Morgan fingerprint density at radius 3 is 2.08 bits per heavy atom. The molecule has 2 aromatic carbocycles. The number of methoxy groups -OCH3 is 1. The first-order chi connectivity index (χ1) is 12.5. The van der Waals surface area contributed by atoms with E-state index < -0.39 is 5.97 Å². The van der Waals surface area contributed by atoms with E-state index in [0.717, 1.165) is 0 Å². The Balaban J connectivity index is 1.88. The van der Waals surface area contributed by atoms with E-state index >= 15 is 0 Å². The number of esters is 1. The van der Waals surface area contributed by atoms with Crippen molar-refractivity contribution in [1.29, 1.82) is 0 Å². The second kappa shape index (κ2) is 9.22. The van der Waals surface area contributed by atoms with Gasteiger partial charge >= 0.3 is 5.97 Å². The van der Waals surface area contributed by atoms with Crippen molar-refractivity contribution in [2.45, 2.75) is 13.3 Å². The molecule has 0 unspecified atom stereocenters. The summed E-state index contributed by atoms with van der Waals surface area (Å²) in [6.07, 6.45) is 0.384. The fraction of sp³-hybridized carbons (Fsp3) is 0.211. The molecule has 2 rings (SSSR count). The quantitative estimate of drug-likeness (QED) is 0.664. The fourth-order valence-corrected chi connectivity index (χ4v) is 2.15. The Kier molecular flexibility index (Phi) is 6.73. The molecule has 3 N–H and O–H groups in total. The van der Waals surface area contributed by atoms with Crippen LogP contribution in [0, 0.1) is 0 Å². The van der Waals surface area contributed by atoms with Gasteiger partial charge in [-0.2, -0.15) is 0 Å². The maximum atomic E-state index is 12.1. The number of rotatable bonds is 7. The summed E-state index contributed by atoms with van der Waals surface area (Å²) in [6, 6.07) is 13.6. The lowest BCUT2D eigenvalue weighted by Gasteiger charge is -2.10. The molecule has 0 fully saturated rings. The standard InChI is InChI=1S/C19H21N3O4/c1-3-17(23)21-15-5-4-6-16(11-15)22-18(24)12-20-14-9-7-13(8-10-14)19(25)26-2/h4-11,20H,3,12H2,1-2H3,(H,21,23)(H,22,24). The number of hydrogen-bond donors (Lipinski definition) is 3. The zero-order valence-electron chi connectivity index (χ0n) is 14.7. The summed E-state index contributed by atoms with van der Waals surface area (Å²) < 4.78 is 4.63. The maximum absolute atomic E-state index is 12.1. The van der Waals surface area contributed by atoms with E-state index in [9.17, 15) is 14.4 Å². The number of carbonyl (C=O) groups is 3. The molecule has 0 aromatic heterocycles. The van der Waals surface area contributed by atoms with Gasteiger partial charge in [-0.1, -0.05) is 13.0 Å². The molecule has 0 radical (unpaired) electrons. The van der Waals surface area contributed by atoms with Gasteiger partial charge in [-0.3, -0.25) is 9.59 Å². The van der Waals surface area contributed by atoms with Gasteiger partial charge in [-0.25, -0.2) is 4.79 Å². The number of hydrogen-bond acceptors (Lipinski definition) is 5. The summed E-state index contributed by atoms with van der Waals surface area (Å²) >= 11 is 0.